The maximum Gasteiger partial charge on any atom is -0.00199 e. The van der Waals surface area contributed by atoms with Gasteiger partial charge in [0.15, 0.2) is 0 Å². The minimum absolute atomic E-state index is 1.20. The highest BCUT2D eigenvalue weighted by Crippen LogP contribution is 2.51. The SMILES string of the molecule is c1ccc2c(-c3cc4c5ccccc5c5ccccc5c4c4ccccc34)c3ccccc3c(-c3ccc(-c4c5ccccc5c(-c5cc6c7ccccc7c7ccccc7c6c6ccccc56)c5ccccc45)cc3)c2c1. The van der Waals surface area contributed by atoms with Crippen LogP contribution in [0.3, 0.4) is 0 Å². The molecule has 0 N–H and O–H groups in total. The van der Waals surface area contributed by atoms with E-state index in [1.165, 1.54) is 174 Å². The molecule has 358 valence electrons. The minimum atomic E-state index is 1.20. The molecular formula is C78H46. The van der Waals surface area contributed by atoms with Crippen LogP contribution in [0.2, 0.25) is 0 Å². The highest BCUT2D eigenvalue weighted by Gasteiger charge is 2.24. The summed E-state index contributed by atoms with van der Waals surface area (Å²) in [6.07, 6.45) is 0. The van der Waals surface area contributed by atoms with E-state index in [0.29, 0.717) is 0 Å². The second-order valence-corrected chi connectivity index (χ2v) is 21.2. The molecular weight excluding hydrogens is 937 g/mol. The van der Waals surface area contributed by atoms with Crippen molar-refractivity contribution in [3.63, 3.8) is 0 Å². The Morgan fingerprint density at radius 1 is 0.128 bits per heavy atom. The fourth-order valence-corrected chi connectivity index (χ4v) is 14.2. The van der Waals surface area contributed by atoms with E-state index in [-0.39, 0.29) is 0 Å². The molecule has 0 aliphatic rings. The van der Waals surface area contributed by atoms with E-state index >= 15 is 0 Å². The molecule has 17 aromatic carbocycles. The van der Waals surface area contributed by atoms with Gasteiger partial charge < -0.3 is 0 Å². The van der Waals surface area contributed by atoms with Crippen molar-refractivity contribution in [3.05, 3.63) is 279 Å². The summed E-state index contributed by atoms with van der Waals surface area (Å²) in [7, 11) is 0. The van der Waals surface area contributed by atoms with Crippen molar-refractivity contribution in [2.75, 3.05) is 0 Å². The molecule has 0 heteroatoms. The molecule has 0 fully saturated rings. The van der Waals surface area contributed by atoms with Crippen molar-refractivity contribution in [2.24, 2.45) is 0 Å². The van der Waals surface area contributed by atoms with Gasteiger partial charge in [-0.15, -0.1) is 0 Å². The molecule has 0 aromatic heterocycles. The van der Waals surface area contributed by atoms with Gasteiger partial charge in [0, 0.05) is 0 Å². The number of benzene rings is 17. The van der Waals surface area contributed by atoms with Gasteiger partial charge >= 0.3 is 0 Å². The summed E-state index contributed by atoms with van der Waals surface area (Å²) in [5.41, 5.74) is 9.98. The number of fused-ring (bicyclic) bond motifs is 20. The molecule has 0 amide bonds. The van der Waals surface area contributed by atoms with Crippen molar-refractivity contribution in [1.29, 1.82) is 0 Å². The van der Waals surface area contributed by atoms with Crippen molar-refractivity contribution in [1.82, 2.24) is 0 Å². The predicted molar refractivity (Wildman–Crippen MR) is 338 cm³/mol. The van der Waals surface area contributed by atoms with Gasteiger partial charge in [-0.1, -0.05) is 267 Å². The van der Waals surface area contributed by atoms with Gasteiger partial charge in [-0.05, 0) is 186 Å². The van der Waals surface area contributed by atoms with E-state index in [2.05, 4.69) is 279 Å². The van der Waals surface area contributed by atoms with Gasteiger partial charge in [0.1, 0.15) is 0 Å². The van der Waals surface area contributed by atoms with Gasteiger partial charge in [0.25, 0.3) is 0 Å². The summed E-state index contributed by atoms with van der Waals surface area (Å²) in [4.78, 5) is 0. The third kappa shape index (κ3) is 6.06. The van der Waals surface area contributed by atoms with Crippen LogP contribution in [0, 0.1) is 0 Å². The Kier molecular flexibility index (Phi) is 9.22. The van der Waals surface area contributed by atoms with Crippen molar-refractivity contribution in [2.45, 2.75) is 0 Å². The van der Waals surface area contributed by atoms with E-state index in [1.54, 1.807) is 0 Å². The molecule has 0 saturated carbocycles. The summed E-state index contributed by atoms with van der Waals surface area (Å²) in [5, 5.41) is 30.6. The van der Waals surface area contributed by atoms with Crippen LogP contribution in [-0.2, 0) is 0 Å². The van der Waals surface area contributed by atoms with Crippen LogP contribution in [0.1, 0.15) is 0 Å². The van der Waals surface area contributed by atoms with Crippen LogP contribution in [-0.4, -0.2) is 0 Å². The Balaban J connectivity index is 0.882. The lowest BCUT2D eigenvalue weighted by atomic mass is 9.81. The van der Waals surface area contributed by atoms with Crippen LogP contribution >= 0.6 is 0 Å². The quantitative estimate of drug-likeness (QED) is 0.122. The predicted octanol–water partition coefficient (Wildman–Crippen LogP) is 22.2. The van der Waals surface area contributed by atoms with Crippen molar-refractivity contribution >= 4 is 129 Å². The lowest BCUT2D eigenvalue weighted by molar-refractivity contribution is 1.65. The molecule has 17 rings (SSSR count). The zero-order valence-corrected chi connectivity index (χ0v) is 42.6. The standard InChI is InChI=1S/C78H46/c1-3-25-53-49(21-1)51-23-5-9-29-57(51)75-59-31-11-7-27-55(59)71(45-69(53)75)77-65-37-17-13-33-61(65)73(62-34-14-18-38-66(62)77)47-41-43-48(44-42-47)74-63-35-15-19-39-67(63)78(68-40-20-16-36-64(68)74)72-46-70-54-26-4-2-22-50(54)52-24-6-10-30-58(52)76(70)60-32-12-8-28-56(60)72/h1-46H. The zero-order valence-electron chi connectivity index (χ0n) is 42.6. The molecule has 0 heterocycles. The Morgan fingerprint density at radius 3 is 0.577 bits per heavy atom. The summed E-state index contributed by atoms with van der Waals surface area (Å²) in [6.45, 7) is 0. The summed E-state index contributed by atoms with van der Waals surface area (Å²) in [6, 6.07) is 105. The number of hydrogen-bond acceptors (Lipinski definition) is 0. The molecule has 0 aliphatic heterocycles. The van der Waals surface area contributed by atoms with Gasteiger partial charge in [0.05, 0.1) is 0 Å². The van der Waals surface area contributed by atoms with Crippen molar-refractivity contribution < 1.29 is 0 Å². The largest absolute Gasteiger partial charge is 0.0616 e. The van der Waals surface area contributed by atoms with Gasteiger partial charge in [-0.2, -0.15) is 0 Å². The lowest BCUT2D eigenvalue weighted by Crippen LogP contribution is -1.94. The maximum absolute atomic E-state index is 2.50. The first-order valence-corrected chi connectivity index (χ1v) is 27.2. The van der Waals surface area contributed by atoms with Crippen LogP contribution in [0.25, 0.3) is 174 Å². The van der Waals surface area contributed by atoms with Crippen LogP contribution < -0.4 is 0 Å². The highest BCUT2D eigenvalue weighted by atomic mass is 14.3. The molecule has 0 radical (unpaired) electrons. The fraction of sp³-hybridized carbons (Fsp3) is 0. The van der Waals surface area contributed by atoms with Crippen molar-refractivity contribution in [3.8, 4) is 44.5 Å². The average molecular weight is 983 g/mol. The van der Waals surface area contributed by atoms with Crippen LogP contribution in [0.5, 0.6) is 0 Å². The van der Waals surface area contributed by atoms with Crippen LogP contribution in [0.4, 0.5) is 0 Å². The Labute approximate surface area is 450 Å². The third-order valence-electron chi connectivity index (χ3n) is 17.4. The Bertz CT molecular complexity index is 4970. The molecule has 0 bridgehead atoms. The van der Waals surface area contributed by atoms with Crippen LogP contribution in [0.15, 0.2) is 279 Å². The Hall–Kier alpha value is -10.1. The Morgan fingerprint density at radius 2 is 0.308 bits per heavy atom. The minimum Gasteiger partial charge on any atom is -0.0616 e. The first kappa shape index (κ1) is 43.1. The monoisotopic (exact) mass is 982 g/mol. The molecule has 0 spiro atoms. The average Bonchev–Trinajstić information content (AvgIpc) is 3.71. The first-order valence-electron chi connectivity index (χ1n) is 27.2. The lowest BCUT2D eigenvalue weighted by Gasteiger charge is -2.21. The molecule has 17 aromatic rings. The van der Waals surface area contributed by atoms with E-state index in [9.17, 15) is 0 Å². The van der Waals surface area contributed by atoms with E-state index in [1.807, 2.05) is 0 Å². The third-order valence-corrected chi connectivity index (χ3v) is 17.4. The normalized spacial score (nSPS) is 12.1. The molecule has 0 unspecified atom stereocenters. The van der Waals surface area contributed by atoms with E-state index in [4.69, 9.17) is 0 Å². The topological polar surface area (TPSA) is 0 Å². The summed E-state index contributed by atoms with van der Waals surface area (Å²) in [5.74, 6) is 0. The second kappa shape index (κ2) is 16.7. The summed E-state index contributed by atoms with van der Waals surface area (Å²) >= 11 is 0. The fourth-order valence-electron chi connectivity index (χ4n) is 14.2. The van der Waals surface area contributed by atoms with Gasteiger partial charge in [0.2, 0.25) is 0 Å². The molecule has 0 nitrogen and oxygen atoms in total. The van der Waals surface area contributed by atoms with E-state index in [0.717, 1.165) is 0 Å². The maximum atomic E-state index is 2.50. The molecule has 0 atom stereocenters. The second-order valence-electron chi connectivity index (χ2n) is 21.2. The smallest absolute Gasteiger partial charge is 0.00199 e. The van der Waals surface area contributed by atoms with E-state index < -0.39 is 0 Å². The summed E-state index contributed by atoms with van der Waals surface area (Å²) < 4.78 is 0. The van der Waals surface area contributed by atoms with Gasteiger partial charge in [-0.3, -0.25) is 0 Å². The molecule has 78 heavy (non-hydrogen) atoms. The van der Waals surface area contributed by atoms with Gasteiger partial charge in [-0.25, -0.2) is 0 Å². The number of hydrogen-bond donors (Lipinski definition) is 0. The molecule has 0 saturated heterocycles. The highest BCUT2D eigenvalue weighted by molar-refractivity contribution is 6.37. The molecule has 0 aliphatic carbocycles. The first-order chi connectivity index (χ1) is 38.8. The zero-order chi connectivity index (χ0) is 51.0. The number of rotatable bonds is 4.